The highest BCUT2D eigenvalue weighted by molar-refractivity contribution is 5.53. The van der Waals surface area contributed by atoms with E-state index >= 15 is 0 Å². The number of nitrogens with zero attached hydrogens (tertiary/aromatic N) is 2. The van der Waals surface area contributed by atoms with Crippen LogP contribution < -0.4 is 0 Å². The van der Waals surface area contributed by atoms with E-state index in [1.54, 1.807) is 6.07 Å². The lowest BCUT2D eigenvalue weighted by Crippen LogP contribution is -1.81. The topological polar surface area (TPSA) is 38.9 Å². The van der Waals surface area contributed by atoms with Crippen LogP contribution in [0.15, 0.2) is 29.1 Å². The largest absolute Gasteiger partial charge is 0.342 e. The molecule has 12 heavy (non-hydrogen) atoms. The molecule has 0 spiro atoms. The number of aromatic nitrogens is 2. The van der Waals surface area contributed by atoms with Gasteiger partial charge in [0.25, 0.3) is 0 Å². The molecular formula is C8H4FN2O. The lowest BCUT2D eigenvalue weighted by Gasteiger charge is -1.91. The third-order valence-electron chi connectivity index (χ3n) is 1.39. The molecular weight excluding hydrogens is 159 g/mol. The van der Waals surface area contributed by atoms with Crippen molar-refractivity contribution in [3.63, 3.8) is 0 Å². The predicted molar refractivity (Wildman–Crippen MR) is 38.5 cm³/mol. The SMILES string of the molecule is Fc1[c]ccc(-c2ncon2)c1. The summed E-state index contributed by atoms with van der Waals surface area (Å²) in [5.74, 6) is -0.0554. The first kappa shape index (κ1) is 6.97. The van der Waals surface area contributed by atoms with Crippen LogP contribution in [0.4, 0.5) is 4.39 Å². The summed E-state index contributed by atoms with van der Waals surface area (Å²) in [7, 11) is 0. The van der Waals surface area contributed by atoms with E-state index in [2.05, 4.69) is 20.7 Å². The van der Waals surface area contributed by atoms with Crippen LogP contribution in [0.5, 0.6) is 0 Å². The summed E-state index contributed by atoms with van der Waals surface area (Å²) in [6.07, 6.45) is 1.20. The molecule has 1 radical (unpaired) electrons. The third kappa shape index (κ3) is 1.18. The van der Waals surface area contributed by atoms with Gasteiger partial charge in [-0.15, -0.1) is 0 Å². The Balaban J connectivity index is 2.48. The minimum absolute atomic E-state index is 0.378. The zero-order valence-electron chi connectivity index (χ0n) is 5.99. The first-order valence-corrected chi connectivity index (χ1v) is 3.30. The van der Waals surface area contributed by atoms with E-state index in [0.717, 1.165) is 0 Å². The number of hydrogen-bond donors (Lipinski definition) is 0. The van der Waals surface area contributed by atoms with E-state index in [1.807, 2.05) is 0 Å². The summed E-state index contributed by atoms with van der Waals surface area (Å²) in [4.78, 5) is 3.77. The monoisotopic (exact) mass is 163 g/mol. The Bertz CT molecular complexity index is 372. The van der Waals surface area contributed by atoms with Gasteiger partial charge in [0.2, 0.25) is 12.2 Å². The molecule has 3 nitrogen and oxygen atoms in total. The van der Waals surface area contributed by atoms with Gasteiger partial charge in [-0.05, 0) is 6.07 Å². The molecule has 0 atom stereocenters. The smallest absolute Gasteiger partial charge is 0.214 e. The van der Waals surface area contributed by atoms with Crippen LogP contribution >= 0.6 is 0 Å². The first-order chi connectivity index (χ1) is 5.86. The lowest BCUT2D eigenvalue weighted by molar-refractivity contribution is 0.418. The van der Waals surface area contributed by atoms with Crippen molar-refractivity contribution in [2.24, 2.45) is 0 Å². The number of rotatable bonds is 1. The Morgan fingerprint density at radius 2 is 2.42 bits per heavy atom. The zero-order valence-corrected chi connectivity index (χ0v) is 5.99. The Hall–Kier alpha value is -1.71. The lowest BCUT2D eigenvalue weighted by atomic mass is 10.2. The van der Waals surface area contributed by atoms with E-state index in [9.17, 15) is 4.39 Å². The van der Waals surface area contributed by atoms with Crippen molar-refractivity contribution >= 4 is 0 Å². The summed E-state index contributed by atoms with van der Waals surface area (Å²) < 4.78 is 17.1. The second-order valence-electron chi connectivity index (χ2n) is 2.18. The van der Waals surface area contributed by atoms with Gasteiger partial charge < -0.3 is 4.52 Å². The first-order valence-electron chi connectivity index (χ1n) is 3.30. The van der Waals surface area contributed by atoms with Crippen LogP contribution in [0.2, 0.25) is 0 Å². The van der Waals surface area contributed by atoms with Crippen molar-refractivity contribution < 1.29 is 8.91 Å². The maximum atomic E-state index is 12.6. The van der Waals surface area contributed by atoms with Crippen molar-refractivity contribution in [1.29, 1.82) is 0 Å². The van der Waals surface area contributed by atoms with E-state index in [0.29, 0.717) is 11.4 Å². The van der Waals surface area contributed by atoms with Crippen molar-refractivity contribution in [2.45, 2.75) is 0 Å². The van der Waals surface area contributed by atoms with E-state index < -0.39 is 5.82 Å². The van der Waals surface area contributed by atoms with Crippen LogP contribution in [0.25, 0.3) is 11.4 Å². The fraction of sp³-hybridized carbons (Fsp3) is 0. The summed E-state index contributed by atoms with van der Waals surface area (Å²) in [5, 5.41) is 3.56. The van der Waals surface area contributed by atoms with E-state index in [1.165, 1.54) is 18.5 Å². The van der Waals surface area contributed by atoms with Crippen molar-refractivity contribution in [1.82, 2.24) is 10.1 Å². The van der Waals surface area contributed by atoms with Crippen molar-refractivity contribution in [2.75, 3.05) is 0 Å². The molecule has 1 aromatic heterocycles. The Morgan fingerprint density at radius 1 is 1.50 bits per heavy atom. The predicted octanol–water partition coefficient (Wildman–Crippen LogP) is 1.68. The molecule has 0 fully saturated rings. The van der Waals surface area contributed by atoms with Gasteiger partial charge in [0.1, 0.15) is 5.82 Å². The average molecular weight is 163 g/mol. The quantitative estimate of drug-likeness (QED) is 0.641. The fourth-order valence-electron chi connectivity index (χ4n) is 0.874. The van der Waals surface area contributed by atoms with Gasteiger partial charge in [0.15, 0.2) is 0 Å². The highest BCUT2D eigenvalue weighted by atomic mass is 19.1. The molecule has 2 aromatic rings. The van der Waals surface area contributed by atoms with Gasteiger partial charge in [-0.3, -0.25) is 0 Å². The van der Waals surface area contributed by atoms with E-state index in [4.69, 9.17) is 0 Å². The molecule has 0 aliphatic heterocycles. The Labute approximate surface area is 67.8 Å². The second kappa shape index (κ2) is 2.73. The van der Waals surface area contributed by atoms with Crippen LogP contribution in [-0.2, 0) is 0 Å². The summed E-state index contributed by atoms with van der Waals surface area (Å²) >= 11 is 0. The molecule has 2 rings (SSSR count). The minimum atomic E-state index is -0.433. The average Bonchev–Trinajstić information content (AvgIpc) is 2.56. The summed E-state index contributed by atoms with van der Waals surface area (Å²) in [6, 6.07) is 6.81. The second-order valence-corrected chi connectivity index (χ2v) is 2.18. The molecule has 0 saturated carbocycles. The normalized spacial score (nSPS) is 10.1. The summed E-state index contributed by atoms with van der Waals surface area (Å²) in [5.41, 5.74) is 0.583. The standard InChI is InChI=1S/C8H4FN2O/c9-7-3-1-2-6(4-7)8-10-5-12-11-8/h1-2,4-5H. The van der Waals surface area contributed by atoms with Gasteiger partial charge in [0, 0.05) is 11.6 Å². The highest BCUT2D eigenvalue weighted by Gasteiger charge is 2.02. The van der Waals surface area contributed by atoms with Crippen LogP contribution in [-0.4, -0.2) is 10.1 Å². The zero-order chi connectivity index (χ0) is 8.39. The minimum Gasteiger partial charge on any atom is -0.342 e. The third-order valence-corrected chi connectivity index (χ3v) is 1.39. The van der Waals surface area contributed by atoms with Crippen molar-refractivity contribution in [3.8, 4) is 11.4 Å². The maximum absolute atomic E-state index is 12.6. The molecule has 1 heterocycles. The number of hydrogen-bond acceptors (Lipinski definition) is 3. The maximum Gasteiger partial charge on any atom is 0.214 e. The molecule has 0 unspecified atom stereocenters. The summed E-state index contributed by atoms with van der Waals surface area (Å²) in [6.45, 7) is 0. The van der Waals surface area contributed by atoms with Crippen LogP contribution in [0, 0.1) is 11.9 Å². The molecule has 0 aliphatic carbocycles. The van der Waals surface area contributed by atoms with Gasteiger partial charge >= 0.3 is 0 Å². The fourth-order valence-corrected chi connectivity index (χ4v) is 0.874. The van der Waals surface area contributed by atoms with E-state index in [-0.39, 0.29) is 0 Å². The van der Waals surface area contributed by atoms with Crippen LogP contribution in [0.3, 0.4) is 0 Å². The molecule has 0 saturated heterocycles. The van der Waals surface area contributed by atoms with Crippen molar-refractivity contribution in [3.05, 3.63) is 36.5 Å². The molecule has 4 heteroatoms. The molecule has 0 N–H and O–H groups in total. The Kier molecular flexibility index (Phi) is 1.59. The van der Waals surface area contributed by atoms with Gasteiger partial charge in [-0.2, -0.15) is 4.98 Å². The molecule has 0 bridgehead atoms. The Morgan fingerprint density at radius 3 is 3.08 bits per heavy atom. The van der Waals surface area contributed by atoms with Gasteiger partial charge in [0.05, 0.1) is 0 Å². The number of benzene rings is 1. The van der Waals surface area contributed by atoms with Gasteiger partial charge in [-0.25, -0.2) is 4.39 Å². The molecule has 59 valence electrons. The highest BCUT2D eigenvalue weighted by Crippen LogP contribution is 2.14. The number of halogens is 1. The molecule has 0 aliphatic rings. The van der Waals surface area contributed by atoms with Gasteiger partial charge in [-0.1, -0.05) is 17.3 Å². The van der Waals surface area contributed by atoms with Crippen LogP contribution in [0.1, 0.15) is 0 Å². The molecule has 0 amide bonds. The molecule has 1 aromatic carbocycles.